The molecule has 5 nitrogen and oxygen atoms in total. The van der Waals surface area contributed by atoms with E-state index in [9.17, 15) is 0 Å². The molecule has 0 amide bonds. The first-order valence-corrected chi connectivity index (χ1v) is 9.30. The van der Waals surface area contributed by atoms with Crippen LogP contribution in [0.4, 0.5) is 5.69 Å². The van der Waals surface area contributed by atoms with E-state index in [0.717, 1.165) is 31.9 Å². The van der Waals surface area contributed by atoms with Gasteiger partial charge < -0.3 is 14.8 Å². The molecule has 5 heteroatoms. The van der Waals surface area contributed by atoms with Gasteiger partial charge in [0.1, 0.15) is 12.2 Å². The van der Waals surface area contributed by atoms with Crippen molar-refractivity contribution in [2.45, 2.75) is 45.2 Å². The van der Waals surface area contributed by atoms with E-state index in [2.05, 4.69) is 49.2 Å². The van der Waals surface area contributed by atoms with E-state index in [1.807, 2.05) is 6.33 Å². The van der Waals surface area contributed by atoms with Crippen LogP contribution in [0.2, 0.25) is 0 Å². The largest absolute Gasteiger partial charge is 0.372 e. The monoisotopic (exact) mass is 325 g/mol. The number of benzene rings is 1. The van der Waals surface area contributed by atoms with E-state index in [-0.39, 0.29) is 0 Å². The average Bonchev–Trinajstić information content (AvgIpc) is 3.11. The Morgan fingerprint density at radius 2 is 1.92 bits per heavy atom. The lowest BCUT2D eigenvalue weighted by Crippen LogP contribution is -2.30. The Labute approximate surface area is 144 Å². The summed E-state index contributed by atoms with van der Waals surface area (Å²) >= 11 is 0. The van der Waals surface area contributed by atoms with Gasteiger partial charge in [0.25, 0.3) is 0 Å². The lowest BCUT2D eigenvalue weighted by Gasteiger charge is -2.29. The van der Waals surface area contributed by atoms with Crippen molar-refractivity contribution in [3.05, 3.63) is 42.0 Å². The second kappa shape index (κ2) is 7.34. The number of aryl methyl sites for hydroxylation is 1. The predicted octanol–water partition coefficient (Wildman–Crippen LogP) is 2.62. The Kier molecular flexibility index (Phi) is 4.78. The number of hydrogen-bond donors (Lipinski definition) is 1. The summed E-state index contributed by atoms with van der Waals surface area (Å²) in [6.07, 6.45) is 8.17. The molecular weight excluding hydrogens is 298 g/mol. The van der Waals surface area contributed by atoms with Crippen LogP contribution in [0, 0.1) is 5.92 Å². The number of nitrogens with one attached hydrogen (secondary N) is 1. The normalized spacial score (nSPS) is 20.8. The van der Waals surface area contributed by atoms with Crippen molar-refractivity contribution in [1.82, 2.24) is 20.1 Å². The molecule has 1 atom stereocenters. The highest BCUT2D eigenvalue weighted by Crippen LogP contribution is 2.20. The fraction of sp³-hybridized carbons (Fsp3) is 0.579. The minimum Gasteiger partial charge on any atom is -0.372 e. The van der Waals surface area contributed by atoms with Gasteiger partial charge in [0, 0.05) is 38.3 Å². The van der Waals surface area contributed by atoms with Crippen molar-refractivity contribution < 1.29 is 0 Å². The molecule has 1 unspecified atom stereocenters. The van der Waals surface area contributed by atoms with Crippen LogP contribution >= 0.6 is 0 Å². The molecule has 0 bridgehead atoms. The van der Waals surface area contributed by atoms with Gasteiger partial charge in [0.2, 0.25) is 0 Å². The molecule has 1 saturated heterocycles. The van der Waals surface area contributed by atoms with E-state index in [0.29, 0.717) is 5.92 Å². The molecule has 2 aliphatic rings. The molecule has 1 N–H and O–H groups in total. The second-order valence-corrected chi connectivity index (χ2v) is 7.15. The third-order valence-corrected chi connectivity index (χ3v) is 5.35. The lowest BCUT2D eigenvalue weighted by atomic mass is 9.99. The highest BCUT2D eigenvalue weighted by atomic mass is 15.3. The number of anilines is 1. The van der Waals surface area contributed by atoms with Crippen LogP contribution in [0.25, 0.3) is 0 Å². The summed E-state index contributed by atoms with van der Waals surface area (Å²) in [7, 11) is 0. The van der Waals surface area contributed by atoms with Gasteiger partial charge in [-0.05, 0) is 55.8 Å². The zero-order chi connectivity index (χ0) is 16.2. The minimum atomic E-state index is 0.682. The maximum Gasteiger partial charge on any atom is 0.132 e. The SMILES string of the molecule is c1cc(N2CCCCC2)ccc1CNCC1CCc2nncn2C1. The van der Waals surface area contributed by atoms with Crippen LogP contribution in [0.15, 0.2) is 30.6 Å². The molecular formula is C19H27N5. The van der Waals surface area contributed by atoms with E-state index >= 15 is 0 Å². The molecule has 128 valence electrons. The fourth-order valence-electron chi connectivity index (χ4n) is 3.89. The van der Waals surface area contributed by atoms with Crippen molar-refractivity contribution >= 4 is 5.69 Å². The van der Waals surface area contributed by atoms with Gasteiger partial charge in [-0.1, -0.05) is 12.1 Å². The maximum atomic E-state index is 4.15. The first kappa shape index (κ1) is 15.6. The zero-order valence-electron chi connectivity index (χ0n) is 14.3. The third-order valence-electron chi connectivity index (χ3n) is 5.35. The van der Waals surface area contributed by atoms with Crippen LogP contribution in [-0.2, 0) is 19.5 Å². The topological polar surface area (TPSA) is 46.0 Å². The van der Waals surface area contributed by atoms with Gasteiger partial charge in [-0.15, -0.1) is 10.2 Å². The van der Waals surface area contributed by atoms with E-state index in [1.165, 1.54) is 50.0 Å². The van der Waals surface area contributed by atoms with E-state index in [1.54, 1.807) is 0 Å². The van der Waals surface area contributed by atoms with Gasteiger partial charge in [0.05, 0.1) is 0 Å². The average molecular weight is 325 g/mol. The molecule has 2 aromatic rings. The van der Waals surface area contributed by atoms with Crippen LogP contribution in [-0.4, -0.2) is 34.4 Å². The summed E-state index contributed by atoms with van der Waals surface area (Å²) in [6, 6.07) is 9.12. The van der Waals surface area contributed by atoms with Crippen molar-refractivity contribution in [2.75, 3.05) is 24.5 Å². The summed E-state index contributed by atoms with van der Waals surface area (Å²) in [5, 5.41) is 11.8. The summed E-state index contributed by atoms with van der Waals surface area (Å²) < 4.78 is 2.20. The number of hydrogen-bond acceptors (Lipinski definition) is 4. The highest BCUT2D eigenvalue weighted by molar-refractivity contribution is 5.47. The number of rotatable bonds is 5. The first-order chi connectivity index (χ1) is 11.9. The van der Waals surface area contributed by atoms with Gasteiger partial charge in [-0.3, -0.25) is 0 Å². The molecule has 0 spiro atoms. The summed E-state index contributed by atoms with van der Waals surface area (Å²) in [4.78, 5) is 2.51. The Balaban J connectivity index is 1.24. The molecule has 0 aliphatic carbocycles. The van der Waals surface area contributed by atoms with Crippen LogP contribution in [0.1, 0.15) is 37.1 Å². The van der Waals surface area contributed by atoms with Gasteiger partial charge in [0.15, 0.2) is 0 Å². The van der Waals surface area contributed by atoms with E-state index in [4.69, 9.17) is 0 Å². The number of piperidine rings is 1. The molecule has 0 saturated carbocycles. The second-order valence-electron chi connectivity index (χ2n) is 7.15. The Morgan fingerprint density at radius 1 is 1.08 bits per heavy atom. The quantitative estimate of drug-likeness (QED) is 0.918. The molecule has 0 radical (unpaired) electrons. The van der Waals surface area contributed by atoms with Crippen molar-refractivity contribution in [2.24, 2.45) is 5.92 Å². The molecule has 2 aliphatic heterocycles. The number of nitrogens with zero attached hydrogens (tertiary/aromatic N) is 4. The summed E-state index contributed by atoms with van der Waals surface area (Å²) in [5.41, 5.74) is 2.75. The number of fused-ring (bicyclic) bond motifs is 1. The van der Waals surface area contributed by atoms with Crippen LogP contribution in [0.3, 0.4) is 0 Å². The zero-order valence-corrected chi connectivity index (χ0v) is 14.3. The molecule has 1 aromatic heterocycles. The summed E-state index contributed by atoms with van der Waals surface area (Å²) in [5.74, 6) is 1.82. The van der Waals surface area contributed by atoms with E-state index < -0.39 is 0 Å². The molecule has 3 heterocycles. The summed E-state index contributed by atoms with van der Waals surface area (Å²) in [6.45, 7) is 5.48. The third kappa shape index (κ3) is 3.61. The van der Waals surface area contributed by atoms with Gasteiger partial charge in [-0.2, -0.15) is 0 Å². The van der Waals surface area contributed by atoms with Crippen LogP contribution < -0.4 is 10.2 Å². The highest BCUT2D eigenvalue weighted by Gasteiger charge is 2.19. The van der Waals surface area contributed by atoms with Crippen molar-refractivity contribution in [1.29, 1.82) is 0 Å². The molecule has 1 aromatic carbocycles. The smallest absolute Gasteiger partial charge is 0.132 e. The lowest BCUT2D eigenvalue weighted by molar-refractivity contribution is 0.347. The molecule has 24 heavy (non-hydrogen) atoms. The number of aromatic nitrogens is 3. The van der Waals surface area contributed by atoms with Gasteiger partial charge >= 0.3 is 0 Å². The Hall–Kier alpha value is -1.88. The Morgan fingerprint density at radius 3 is 2.75 bits per heavy atom. The first-order valence-electron chi connectivity index (χ1n) is 9.30. The molecule has 4 rings (SSSR count). The van der Waals surface area contributed by atoms with Crippen molar-refractivity contribution in [3.63, 3.8) is 0 Å². The maximum absolute atomic E-state index is 4.15. The Bertz CT molecular complexity index is 642. The van der Waals surface area contributed by atoms with Crippen LogP contribution in [0.5, 0.6) is 0 Å². The minimum absolute atomic E-state index is 0.682. The van der Waals surface area contributed by atoms with Crippen molar-refractivity contribution in [3.8, 4) is 0 Å². The predicted molar refractivity (Wildman–Crippen MR) is 96.0 cm³/mol. The standard InChI is InChI=1S/C19H27N5/c1-2-10-23(11-3-1)18-7-4-16(5-8-18)12-20-13-17-6-9-19-22-21-15-24(19)14-17/h4-5,7-8,15,17,20H,1-3,6,9-14H2. The van der Waals surface area contributed by atoms with Gasteiger partial charge in [-0.25, -0.2) is 0 Å². The molecule has 1 fully saturated rings. The fourth-order valence-corrected chi connectivity index (χ4v) is 3.89.